The molecule has 11 unspecified atom stereocenters. The van der Waals surface area contributed by atoms with Crippen LogP contribution in [-0.2, 0) is 43.0 Å². The van der Waals surface area contributed by atoms with Gasteiger partial charge in [-0.1, -0.05) is 55.0 Å². The second-order valence-electron chi connectivity index (χ2n) is 11.9. The van der Waals surface area contributed by atoms with E-state index in [1.165, 1.54) is 14.2 Å². The Kier molecular flexibility index (Phi) is 15.6. The Morgan fingerprint density at radius 1 is 1.00 bits per heavy atom. The molecule has 2 N–H and O–H groups in total. The van der Waals surface area contributed by atoms with Crippen LogP contribution >= 0.6 is 0 Å². The van der Waals surface area contributed by atoms with Crippen molar-refractivity contribution in [1.82, 2.24) is 0 Å². The van der Waals surface area contributed by atoms with Crippen molar-refractivity contribution in [2.45, 2.75) is 121 Å². The minimum Gasteiger partial charge on any atom is -0.458 e. The van der Waals surface area contributed by atoms with Crippen LogP contribution in [0, 0.1) is 5.92 Å². The second-order valence-corrected chi connectivity index (χ2v) is 11.9. The summed E-state index contributed by atoms with van der Waals surface area (Å²) in [5.74, 6) is -0.320. The number of carbonyl (C=O) groups excluding carboxylic acids is 1. The third-order valence-electron chi connectivity index (χ3n) is 8.06. The van der Waals surface area contributed by atoms with Crippen LogP contribution in [0.2, 0.25) is 0 Å². The van der Waals surface area contributed by atoms with Crippen LogP contribution in [0.25, 0.3) is 0 Å². The number of hydrogen-bond donors (Lipinski definition) is 2. The molecule has 0 amide bonds. The van der Waals surface area contributed by atoms with Crippen LogP contribution in [0.5, 0.6) is 0 Å². The Morgan fingerprint density at radius 2 is 1.69 bits per heavy atom. The van der Waals surface area contributed by atoms with Gasteiger partial charge in [0, 0.05) is 27.8 Å². The van der Waals surface area contributed by atoms with Gasteiger partial charge in [-0.3, -0.25) is 4.79 Å². The Morgan fingerprint density at radius 3 is 2.31 bits per heavy atom. The van der Waals surface area contributed by atoms with E-state index >= 15 is 0 Å². The highest BCUT2D eigenvalue weighted by Crippen LogP contribution is 2.28. The van der Waals surface area contributed by atoms with Crippen LogP contribution in [0.4, 0.5) is 0 Å². The average molecular weight is 637 g/mol. The molecule has 0 aromatic rings. The molecule has 4 aliphatic heterocycles. The van der Waals surface area contributed by atoms with Gasteiger partial charge in [-0.15, -0.1) is 0 Å². The van der Waals surface area contributed by atoms with E-state index in [9.17, 15) is 15.0 Å². The van der Waals surface area contributed by atoms with Crippen molar-refractivity contribution in [3.8, 4) is 0 Å². The summed E-state index contributed by atoms with van der Waals surface area (Å²) in [4.78, 5) is 24.9. The molecule has 11 nitrogen and oxygen atoms in total. The Labute approximate surface area is 267 Å². The first kappa shape index (κ1) is 37.3. The van der Waals surface area contributed by atoms with Crippen molar-refractivity contribution in [3.63, 3.8) is 0 Å². The summed E-state index contributed by atoms with van der Waals surface area (Å²) < 4.78 is 34.1. The van der Waals surface area contributed by atoms with E-state index in [2.05, 4.69) is 13.0 Å². The van der Waals surface area contributed by atoms with Crippen molar-refractivity contribution < 1.29 is 53.2 Å². The summed E-state index contributed by atoms with van der Waals surface area (Å²) in [6, 6.07) is 0. The molecule has 254 valence electrons. The fourth-order valence-corrected chi connectivity index (χ4v) is 5.68. The number of aliphatic hydroxyl groups is 2. The standard InChI is InChI=1S/C34H52O11/c1-8-9-11-21(2)17-27-19-26-15-14-25(44-45-26)18-22(3)16-23(4)28(38-5)13-10-12-24(20-29(35)41-27)42-34-31(37)32(39-6)30(36)33(40-7)43-34/h8-10,12,14-17,22,24-28,30-34,36-37H,11,13,18-20H2,1-7H3. The maximum atomic E-state index is 13.4. The van der Waals surface area contributed by atoms with Crippen molar-refractivity contribution in [2.75, 3.05) is 21.3 Å². The normalized spacial score (nSPS) is 37.7. The molecule has 4 heterocycles. The van der Waals surface area contributed by atoms with E-state index in [1.54, 1.807) is 13.2 Å². The molecule has 45 heavy (non-hydrogen) atoms. The van der Waals surface area contributed by atoms with Crippen LogP contribution < -0.4 is 0 Å². The zero-order chi connectivity index (χ0) is 32.9. The van der Waals surface area contributed by atoms with Crippen LogP contribution in [0.3, 0.4) is 0 Å². The molecule has 1 saturated heterocycles. The first-order valence-corrected chi connectivity index (χ1v) is 15.7. The molecule has 0 spiro atoms. The molecule has 0 aromatic heterocycles. The topological polar surface area (TPSA) is 131 Å². The van der Waals surface area contributed by atoms with E-state index in [0.717, 1.165) is 17.6 Å². The first-order valence-electron chi connectivity index (χ1n) is 15.7. The van der Waals surface area contributed by atoms with E-state index < -0.39 is 55.2 Å². The summed E-state index contributed by atoms with van der Waals surface area (Å²) in [5.41, 5.74) is 2.09. The van der Waals surface area contributed by atoms with Gasteiger partial charge in [0.15, 0.2) is 12.6 Å². The first-order chi connectivity index (χ1) is 21.6. The fraction of sp³-hybridized carbons (Fsp3) is 0.676. The van der Waals surface area contributed by atoms with Gasteiger partial charge in [0.1, 0.15) is 36.6 Å². The number of carbonyl (C=O) groups is 1. The van der Waals surface area contributed by atoms with Gasteiger partial charge in [0.25, 0.3) is 0 Å². The molecule has 0 aliphatic carbocycles. The third kappa shape index (κ3) is 11.5. The maximum absolute atomic E-state index is 13.4. The van der Waals surface area contributed by atoms with Crippen LogP contribution in [0.15, 0.2) is 59.8 Å². The molecular formula is C34H52O11. The molecular weight excluding hydrogens is 584 g/mol. The van der Waals surface area contributed by atoms with E-state index in [-0.39, 0.29) is 24.5 Å². The number of esters is 1. The molecule has 2 bridgehead atoms. The van der Waals surface area contributed by atoms with Crippen LogP contribution in [-0.4, -0.2) is 98.9 Å². The monoisotopic (exact) mass is 636 g/mol. The largest absolute Gasteiger partial charge is 0.458 e. The molecule has 11 heteroatoms. The molecule has 0 radical (unpaired) electrons. The van der Waals surface area contributed by atoms with E-state index in [1.807, 2.05) is 57.2 Å². The molecule has 11 atom stereocenters. The number of fused-ring (bicyclic) bond motifs is 12. The SMILES string of the molecule is CC=CCC(C)=CC1CC2C=CC(CC(C)C=C(C)C(OC)CC=CC(OC3OC(OC)C(O)C(OC)C3O)CC(=O)O1)OO2. The zero-order valence-electron chi connectivity index (χ0n) is 27.6. The predicted molar refractivity (Wildman–Crippen MR) is 167 cm³/mol. The Bertz CT molecular complexity index is 1070. The number of ether oxygens (including phenoxy) is 6. The predicted octanol–water partition coefficient (Wildman–Crippen LogP) is 4.24. The lowest BCUT2D eigenvalue weighted by molar-refractivity contribution is -0.352. The number of allylic oxidation sites excluding steroid dienone is 4. The second kappa shape index (κ2) is 18.8. The Balaban J connectivity index is 1.91. The molecule has 4 rings (SSSR count). The van der Waals surface area contributed by atoms with Crippen molar-refractivity contribution in [1.29, 1.82) is 0 Å². The number of hydrogen-bond acceptors (Lipinski definition) is 11. The van der Waals surface area contributed by atoms with Gasteiger partial charge in [-0.05, 0) is 57.6 Å². The smallest absolute Gasteiger partial charge is 0.309 e. The molecule has 1 fully saturated rings. The molecule has 4 aliphatic rings. The average Bonchev–Trinajstić information content (AvgIpc) is 3.00. The molecule has 0 aromatic carbocycles. The highest BCUT2D eigenvalue weighted by molar-refractivity contribution is 5.70. The van der Waals surface area contributed by atoms with E-state index in [0.29, 0.717) is 19.3 Å². The number of rotatable bonds is 8. The quantitative estimate of drug-likeness (QED) is 0.225. The zero-order valence-corrected chi connectivity index (χ0v) is 27.6. The van der Waals surface area contributed by atoms with Gasteiger partial charge in [0.05, 0.1) is 18.6 Å². The minimum absolute atomic E-state index is 0.178. The minimum atomic E-state index is -1.35. The van der Waals surface area contributed by atoms with Gasteiger partial charge in [-0.2, -0.15) is 0 Å². The van der Waals surface area contributed by atoms with E-state index in [4.69, 9.17) is 38.2 Å². The van der Waals surface area contributed by atoms with Crippen molar-refractivity contribution in [3.05, 3.63) is 59.8 Å². The summed E-state index contributed by atoms with van der Waals surface area (Å²) in [5, 5.41) is 21.4. The van der Waals surface area contributed by atoms with Gasteiger partial charge in [0.2, 0.25) is 0 Å². The molecule has 0 saturated carbocycles. The summed E-state index contributed by atoms with van der Waals surface area (Å²) in [6.45, 7) is 8.08. The maximum Gasteiger partial charge on any atom is 0.309 e. The third-order valence-corrected chi connectivity index (χ3v) is 8.06. The highest BCUT2D eigenvalue weighted by atomic mass is 17.2. The lowest BCUT2D eigenvalue weighted by atomic mass is 9.96. The lowest BCUT2D eigenvalue weighted by Crippen LogP contribution is -2.59. The summed E-state index contributed by atoms with van der Waals surface area (Å²) in [6.07, 6.45) is 9.56. The summed E-state index contributed by atoms with van der Waals surface area (Å²) >= 11 is 0. The highest BCUT2D eigenvalue weighted by Gasteiger charge is 2.46. The van der Waals surface area contributed by atoms with Crippen LogP contribution in [0.1, 0.15) is 59.8 Å². The van der Waals surface area contributed by atoms with Gasteiger partial charge >= 0.3 is 5.97 Å². The fourth-order valence-electron chi connectivity index (χ4n) is 5.68. The lowest BCUT2D eigenvalue weighted by Gasteiger charge is -2.41. The number of methoxy groups -OCH3 is 3. The summed E-state index contributed by atoms with van der Waals surface area (Å²) in [7, 11) is 4.38. The Hall–Kier alpha value is -2.19. The van der Waals surface area contributed by atoms with Crippen molar-refractivity contribution in [2.24, 2.45) is 5.92 Å². The van der Waals surface area contributed by atoms with Crippen molar-refractivity contribution >= 4 is 5.97 Å². The van der Waals surface area contributed by atoms with Gasteiger partial charge < -0.3 is 38.6 Å². The van der Waals surface area contributed by atoms with Gasteiger partial charge in [-0.25, -0.2) is 9.78 Å². The number of aliphatic hydroxyl groups excluding tert-OH is 2.